The molecule has 0 radical (unpaired) electrons. The van der Waals surface area contributed by atoms with Crippen molar-refractivity contribution >= 4 is 0 Å². The Hall–Kier alpha value is -0.560. The van der Waals surface area contributed by atoms with E-state index in [0.717, 1.165) is 19.3 Å². The molecule has 0 spiro atoms. The molecule has 1 N–H and O–H groups in total. The minimum Gasteiger partial charge on any atom is -0.392 e. The molecule has 0 aromatic rings. The summed E-state index contributed by atoms with van der Waals surface area (Å²) in [4.78, 5) is 0. The zero-order chi connectivity index (χ0) is 10.1. The molecule has 0 fully saturated rings. The van der Waals surface area contributed by atoms with Crippen molar-refractivity contribution in [3.8, 4) is 0 Å². The molecule has 0 atom stereocenters. The average Bonchev–Trinajstić information content (AvgIpc) is 2.12. The van der Waals surface area contributed by atoms with E-state index in [1.54, 1.807) is 0 Å². The molecule has 0 bridgehead atoms. The van der Waals surface area contributed by atoms with Crippen LogP contribution in [-0.4, -0.2) is 11.7 Å². The third-order valence-corrected chi connectivity index (χ3v) is 2.27. The molecular weight excluding hydrogens is 160 g/mol. The molecule has 1 nitrogen and oxygen atoms in total. The molecule has 0 unspecified atom stereocenters. The number of aliphatic hydroxyl groups excluding tert-OH is 1. The van der Waals surface area contributed by atoms with Crippen molar-refractivity contribution in [2.75, 3.05) is 6.61 Å². The van der Waals surface area contributed by atoms with E-state index < -0.39 is 0 Å². The Morgan fingerprint density at radius 2 is 1.85 bits per heavy atom. The highest BCUT2D eigenvalue weighted by Crippen LogP contribution is 2.08. The third kappa shape index (κ3) is 7.79. The lowest BCUT2D eigenvalue weighted by molar-refractivity contribution is 0.341. The summed E-state index contributed by atoms with van der Waals surface area (Å²) >= 11 is 0. The second kappa shape index (κ2) is 8.06. The van der Waals surface area contributed by atoms with Crippen LogP contribution in [0.5, 0.6) is 0 Å². The first kappa shape index (κ1) is 12.4. The zero-order valence-electron chi connectivity index (χ0n) is 9.14. The van der Waals surface area contributed by atoms with E-state index in [1.165, 1.54) is 17.6 Å². The fourth-order valence-corrected chi connectivity index (χ4v) is 1.13. The van der Waals surface area contributed by atoms with E-state index in [1.807, 2.05) is 6.08 Å². The molecule has 0 saturated heterocycles. The third-order valence-electron chi connectivity index (χ3n) is 2.27. The van der Waals surface area contributed by atoms with Gasteiger partial charge >= 0.3 is 0 Å². The maximum Gasteiger partial charge on any atom is 0.0614 e. The summed E-state index contributed by atoms with van der Waals surface area (Å²) in [5.74, 6) is 0. The van der Waals surface area contributed by atoms with Crippen molar-refractivity contribution < 1.29 is 5.11 Å². The van der Waals surface area contributed by atoms with Crippen molar-refractivity contribution in [2.24, 2.45) is 0 Å². The predicted octanol–water partition coefficient (Wildman–Crippen LogP) is 3.45. The Balaban J connectivity index is 3.51. The average molecular weight is 182 g/mol. The number of hydrogen-bond donors (Lipinski definition) is 1. The molecule has 0 aliphatic carbocycles. The minimum absolute atomic E-state index is 0.176. The highest BCUT2D eigenvalue weighted by atomic mass is 16.2. The van der Waals surface area contributed by atoms with Crippen LogP contribution in [0.4, 0.5) is 0 Å². The van der Waals surface area contributed by atoms with Gasteiger partial charge in [0.05, 0.1) is 6.61 Å². The number of aliphatic hydroxyl groups is 1. The van der Waals surface area contributed by atoms with Crippen LogP contribution in [-0.2, 0) is 0 Å². The quantitative estimate of drug-likeness (QED) is 0.492. The standard InChI is InChI=1S/C12H22O/c1-4-11(2)7-5-6-8-12(3)9-10-13/h7,9,13H,4-6,8,10H2,1-3H3/b11-7+,12-9+. The summed E-state index contributed by atoms with van der Waals surface area (Å²) in [5, 5.41) is 8.63. The van der Waals surface area contributed by atoms with Crippen LogP contribution in [0.15, 0.2) is 23.3 Å². The first-order valence-electron chi connectivity index (χ1n) is 5.12. The number of allylic oxidation sites excluding steroid dienone is 3. The molecule has 13 heavy (non-hydrogen) atoms. The topological polar surface area (TPSA) is 20.2 Å². The second-order valence-corrected chi connectivity index (χ2v) is 3.53. The molecule has 0 saturated carbocycles. The van der Waals surface area contributed by atoms with Gasteiger partial charge in [0.2, 0.25) is 0 Å². The van der Waals surface area contributed by atoms with Gasteiger partial charge in [-0.15, -0.1) is 0 Å². The van der Waals surface area contributed by atoms with Crippen molar-refractivity contribution in [2.45, 2.75) is 46.5 Å². The van der Waals surface area contributed by atoms with Gasteiger partial charge in [0.15, 0.2) is 0 Å². The Labute approximate surface area is 82.2 Å². The second-order valence-electron chi connectivity index (χ2n) is 3.53. The van der Waals surface area contributed by atoms with E-state index in [2.05, 4.69) is 26.8 Å². The molecule has 0 amide bonds. The first-order chi connectivity index (χ1) is 6.20. The van der Waals surface area contributed by atoms with Gasteiger partial charge < -0.3 is 5.11 Å². The summed E-state index contributed by atoms with van der Waals surface area (Å²) < 4.78 is 0. The van der Waals surface area contributed by atoms with E-state index in [-0.39, 0.29) is 6.61 Å². The largest absolute Gasteiger partial charge is 0.392 e. The van der Waals surface area contributed by atoms with Gasteiger partial charge in [-0.05, 0) is 39.5 Å². The van der Waals surface area contributed by atoms with Crippen molar-refractivity contribution in [1.29, 1.82) is 0 Å². The van der Waals surface area contributed by atoms with Crippen LogP contribution in [0.1, 0.15) is 46.5 Å². The van der Waals surface area contributed by atoms with Crippen molar-refractivity contribution in [3.05, 3.63) is 23.3 Å². The molecular formula is C12H22O. The first-order valence-corrected chi connectivity index (χ1v) is 5.12. The lowest BCUT2D eigenvalue weighted by Gasteiger charge is -1.99. The zero-order valence-corrected chi connectivity index (χ0v) is 9.14. The summed E-state index contributed by atoms with van der Waals surface area (Å²) in [6.45, 7) is 6.61. The van der Waals surface area contributed by atoms with Crippen LogP contribution < -0.4 is 0 Å². The van der Waals surface area contributed by atoms with Gasteiger partial charge in [-0.3, -0.25) is 0 Å². The van der Waals surface area contributed by atoms with Gasteiger partial charge in [-0.2, -0.15) is 0 Å². The molecule has 1 heteroatoms. The lowest BCUT2D eigenvalue weighted by Crippen LogP contribution is -1.82. The van der Waals surface area contributed by atoms with Gasteiger partial charge in [0.1, 0.15) is 0 Å². The van der Waals surface area contributed by atoms with E-state index in [4.69, 9.17) is 5.11 Å². The molecule has 0 aromatic carbocycles. The maximum atomic E-state index is 8.63. The maximum absolute atomic E-state index is 8.63. The van der Waals surface area contributed by atoms with Crippen LogP contribution in [0, 0.1) is 0 Å². The molecule has 0 heterocycles. The van der Waals surface area contributed by atoms with Crippen molar-refractivity contribution in [3.63, 3.8) is 0 Å². The molecule has 0 rings (SSSR count). The Morgan fingerprint density at radius 1 is 1.15 bits per heavy atom. The fourth-order valence-electron chi connectivity index (χ4n) is 1.13. The van der Waals surface area contributed by atoms with Crippen molar-refractivity contribution in [1.82, 2.24) is 0 Å². The van der Waals surface area contributed by atoms with Gasteiger partial charge in [-0.1, -0.05) is 30.2 Å². The summed E-state index contributed by atoms with van der Waals surface area (Å²) in [7, 11) is 0. The number of unbranched alkanes of at least 4 members (excludes halogenated alkanes) is 1. The summed E-state index contributed by atoms with van der Waals surface area (Å²) in [6.07, 6.45) is 8.82. The van der Waals surface area contributed by atoms with E-state index >= 15 is 0 Å². The summed E-state index contributed by atoms with van der Waals surface area (Å²) in [5.41, 5.74) is 2.77. The van der Waals surface area contributed by atoms with Crippen LogP contribution in [0.3, 0.4) is 0 Å². The number of hydrogen-bond acceptors (Lipinski definition) is 1. The highest BCUT2D eigenvalue weighted by Gasteiger charge is 1.89. The molecule has 0 aromatic heterocycles. The SMILES string of the molecule is CC/C(C)=C/CCC/C(C)=C/CO. The van der Waals surface area contributed by atoms with Gasteiger partial charge in [0, 0.05) is 0 Å². The number of rotatable bonds is 6. The normalized spacial score (nSPS) is 13.5. The molecule has 0 aliphatic rings. The lowest BCUT2D eigenvalue weighted by atomic mass is 10.1. The fraction of sp³-hybridized carbons (Fsp3) is 0.667. The van der Waals surface area contributed by atoms with Gasteiger partial charge in [0.25, 0.3) is 0 Å². The molecule has 0 aliphatic heterocycles. The van der Waals surface area contributed by atoms with Crippen LogP contribution in [0.25, 0.3) is 0 Å². The van der Waals surface area contributed by atoms with E-state index in [9.17, 15) is 0 Å². The minimum atomic E-state index is 0.176. The monoisotopic (exact) mass is 182 g/mol. The highest BCUT2D eigenvalue weighted by molar-refractivity contribution is 5.00. The molecule has 76 valence electrons. The predicted molar refractivity (Wildman–Crippen MR) is 58.7 cm³/mol. The Bertz CT molecular complexity index is 178. The van der Waals surface area contributed by atoms with Crippen LogP contribution in [0.2, 0.25) is 0 Å². The van der Waals surface area contributed by atoms with Gasteiger partial charge in [-0.25, -0.2) is 0 Å². The smallest absolute Gasteiger partial charge is 0.0614 e. The Kier molecular flexibility index (Phi) is 7.71. The Morgan fingerprint density at radius 3 is 2.38 bits per heavy atom. The van der Waals surface area contributed by atoms with E-state index in [0.29, 0.717) is 0 Å². The van der Waals surface area contributed by atoms with Crippen LogP contribution >= 0.6 is 0 Å². The summed E-state index contributed by atoms with van der Waals surface area (Å²) in [6, 6.07) is 0.